The number of benzene rings is 10. The van der Waals surface area contributed by atoms with Crippen molar-refractivity contribution in [1.82, 2.24) is 19.5 Å². The first-order valence-electron chi connectivity index (χ1n) is 20.7. The van der Waals surface area contributed by atoms with Gasteiger partial charge in [0.1, 0.15) is 0 Å². The van der Waals surface area contributed by atoms with E-state index in [2.05, 4.69) is 217 Å². The van der Waals surface area contributed by atoms with Gasteiger partial charge in [0.2, 0.25) is 0 Å². The van der Waals surface area contributed by atoms with Gasteiger partial charge in [0.15, 0.2) is 17.5 Å². The molecule has 4 heteroatoms. The number of nitrogens with zero attached hydrogens (tertiary/aromatic N) is 4. The average molecular weight is 777 g/mol. The highest BCUT2D eigenvalue weighted by Crippen LogP contribution is 2.43. The van der Waals surface area contributed by atoms with Crippen LogP contribution in [0.5, 0.6) is 0 Å². The quantitative estimate of drug-likeness (QED) is 0.125. The molecule has 0 fully saturated rings. The molecule has 0 unspecified atom stereocenters. The maximum atomic E-state index is 5.50. The number of fused-ring (bicyclic) bond motifs is 7. The van der Waals surface area contributed by atoms with Crippen LogP contribution < -0.4 is 0 Å². The van der Waals surface area contributed by atoms with E-state index in [9.17, 15) is 0 Å². The highest BCUT2D eigenvalue weighted by Gasteiger charge is 2.22. The van der Waals surface area contributed by atoms with Crippen LogP contribution in [-0.4, -0.2) is 19.5 Å². The fraction of sp³-hybridized carbons (Fsp3) is 0. The van der Waals surface area contributed by atoms with Gasteiger partial charge in [-0.2, -0.15) is 0 Å². The maximum absolute atomic E-state index is 5.50. The number of hydrogen-bond acceptors (Lipinski definition) is 3. The molecule has 0 aliphatic carbocycles. The summed E-state index contributed by atoms with van der Waals surface area (Å²) in [5.74, 6) is 1.88. The molecule has 10 aromatic carbocycles. The second-order valence-corrected chi connectivity index (χ2v) is 15.5. The Hall–Kier alpha value is -8.21. The van der Waals surface area contributed by atoms with Gasteiger partial charge in [0.25, 0.3) is 0 Å². The van der Waals surface area contributed by atoms with Gasteiger partial charge in [0.05, 0.1) is 11.0 Å². The van der Waals surface area contributed by atoms with Crippen molar-refractivity contribution < 1.29 is 0 Å². The molecular formula is C57H36N4. The summed E-state index contributed by atoms with van der Waals surface area (Å²) in [7, 11) is 0. The van der Waals surface area contributed by atoms with Crippen LogP contribution in [0.2, 0.25) is 0 Å². The highest BCUT2D eigenvalue weighted by molar-refractivity contribution is 6.20. The molecule has 61 heavy (non-hydrogen) atoms. The van der Waals surface area contributed by atoms with Crippen molar-refractivity contribution in [2.75, 3.05) is 0 Å². The Bertz CT molecular complexity index is 3630. The van der Waals surface area contributed by atoms with E-state index in [4.69, 9.17) is 15.0 Å². The van der Waals surface area contributed by atoms with Gasteiger partial charge < -0.3 is 4.57 Å². The molecule has 284 valence electrons. The first-order valence-corrected chi connectivity index (χ1v) is 20.7. The molecule has 12 rings (SSSR count). The molecule has 0 bridgehead atoms. The molecular weight excluding hydrogens is 741 g/mol. The topological polar surface area (TPSA) is 43.6 Å². The van der Waals surface area contributed by atoms with Crippen LogP contribution in [0, 0.1) is 0 Å². The summed E-state index contributed by atoms with van der Waals surface area (Å²) in [5.41, 5.74) is 10.8. The monoisotopic (exact) mass is 776 g/mol. The van der Waals surface area contributed by atoms with Crippen LogP contribution in [0.4, 0.5) is 0 Å². The number of para-hydroxylation sites is 2. The summed E-state index contributed by atoms with van der Waals surface area (Å²) < 4.78 is 2.37. The van der Waals surface area contributed by atoms with Gasteiger partial charge in [0, 0.05) is 33.2 Å². The minimum Gasteiger partial charge on any atom is -0.309 e. The Morgan fingerprint density at radius 2 is 0.869 bits per heavy atom. The van der Waals surface area contributed by atoms with Gasteiger partial charge in [-0.25, -0.2) is 15.0 Å². The minimum atomic E-state index is 0.619. The van der Waals surface area contributed by atoms with Gasteiger partial charge >= 0.3 is 0 Å². The largest absolute Gasteiger partial charge is 0.309 e. The lowest BCUT2D eigenvalue weighted by atomic mass is 9.92. The lowest BCUT2D eigenvalue weighted by molar-refractivity contribution is 1.08. The molecule has 0 saturated carbocycles. The van der Waals surface area contributed by atoms with Crippen LogP contribution in [0.1, 0.15) is 0 Å². The van der Waals surface area contributed by atoms with E-state index in [1.165, 1.54) is 26.9 Å². The van der Waals surface area contributed by atoms with E-state index in [0.717, 1.165) is 71.8 Å². The molecule has 12 aromatic rings. The Morgan fingerprint density at radius 3 is 1.69 bits per heavy atom. The van der Waals surface area contributed by atoms with Gasteiger partial charge in [-0.3, -0.25) is 0 Å². The summed E-state index contributed by atoms with van der Waals surface area (Å²) in [5, 5.41) is 9.29. The Balaban J connectivity index is 1.13. The maximum Gasteiger partial charge on any atom is 0.165 e. The van der Waals surface area contributed by atoms with E-state index in [1.54, 1.807) is 0 Å². The first kappa shape index (κ1) is 34.8. The van der Waals surface area contributed by atoms with Crippen LogP contribution in [-0.2, 0) is 0 Å². The van der Waals surface area contributed by atoms with Crippen LogP contribution in [0.25, 0.3) is 116 Å². The molecule has 0 aliphatic rings. The van der Waals surface area contributed by atoms with Crippen molar-refractivity contribution in [3.05, 3.63) is 218 Å². The van der Waals surface area contributed by atoms with Crippen LogP contribution >= 0.6 is 0 Å². The van der Waals surface area contributed by atoms with Crippen LogP contribution in [0.3, 0.4) is 0 Å². The van der Waals surface area contributed by atoms with E-state index >= 15 is 0 Å². The molecule has 0 aliphatic heterocycles. The third-order valence-electron chi connectivity index (χ3n) is 12.0. The Kier molecular flexibility index (Phi) is 8.13. The standard InChI is InChI=1S/C57H36N4/c1-3-16-37(17-4-1)38-30-32-40(33-31-38)55-58-56(60-57(59-55)54-44-23-10-8-19-41(44)36-50-43-22-9-7-18-39(43)34-35-47(50)54)48-25-12-11-24-45(48)46-27-15-29-52-53(46)49-26-13-14-28-51(49)61(52)42-20-5-2-6-21-42/h1-36H. The SMILES string of the molecule is c1ccc(-c2ccc(-c3nc(-c4ccccc4-c4cccc5c4c4ccccc4n5-c4ccccc4)nc(-c4c5ccccc5cc5c4ccc4ccccc45)n3)cc2)cc1. The van der Waals surface area contributed by atoms with E-state index in [-0.39, 0.29) is 0 Å². The van der Waals surface area contributed by atoms with E-state index in [1.807, 2.05) is 6.07 Å². The van der Waals surface area contributed by atoms with Crippen molar-refractivity contribution in [2.24, 2.45) is 0 Å². The fourth-order valence-electron chi connectivity index (χ4n) is 9.25. The number of hydrogen-bond donors (Lipinski definition) is 0. The van der Waals surface area contributed by atoms with E-state index in [0.29, 0.717) is 17.5 Å². The zero-order chi connectivity index (χ0) is 40.3. The summed E-state index contributed by atoms with van der Waals surface area (Å²) in [6.45, 7) is 0. The average Bonchev–Trinajstić information content (AvgIpc) is 3.68. The van der Waals surface area contributed by atoms with Gasteiger partial charge in [-0.1, -0.05) is 188 Å². The second-order valence-electron chi connectivity index (χ2n) is 15.5. The molecule has 0 amide bonds. The molecule has 4 nitrogen and oxygen atoms in total. The van der Waals surface area contributed by atoms with E-state index < -0.39 is 0 Å². The predicted molar refractivity (Wildman–Crippen MR) is 254 cm³/mol. The Labute approximate surface area is 352 Å². The highest BCUT2D eigenvalue weighted by atomic mass is 15.0. The molecule has 0 saturated heterocycles. The molecule has 2 aromatic heterocycles. The van der Waals surface area contributed by atoms with Crippen molar-refractivity contribution >= 4 is 54.1 Å². The summed E-state index contributed by atoms with van der Waals surface area (Å²) in [4.78, 5) is 16.3. The van der Waals surface area contributed by atoms with Crippen LogP contribution in [0.15, 0.2) is 218 Å². The van der Waals surface area contributed by atoms with Crippen molar-refractivity contribution in [3.8, 4) is 62.1 Å². The molecule has 0 spiro atoms. The minimum absolute atomic E-state index is 0.619. The summed E-state index contributed by atoms with van der Waals surface area (Å²) in [6.07, 6.45) is 0. The smallest absolute Gasteiger partial charge is 0.165 e. The molecule has 0 N–H and O–H groups in total. The fourth-order valence-corrected chi connectivity index (χ4v) is 9.25. The van der Waals surface area contributed by atoms with Gasteiger partial charge in [-0.15, -0.1) is 0 Å². The summed E-state index contributed by atoms with van der Waals surface area (Å²) >= 11 is 0. The number of aromatic nitrogens is 4. The van der Waals surface area contributed by atoms with Crippen molar-refractivity contribution in [3.63, 3.8) is 0 Å². The lowest BCUT2D eigenvalue weighted by Crippen LogP contribution is -2.02. The zero-order valence-electron chi connectivity index (χ0n) is 33.1. The summed E-state index contributed by atoms with van der Waals surface area (Å²) in [6, 6.07) is 77.5. The van der Waals surface area contributed by atoms with Crippen molar-refractivity contribution in [2.45, 2.75) is 0 Å². The number of rotatable bonds is 6. The molecule has 0 atom stereocenters. The third kappa shape index (κ3) is 5.80. The lowest BCUT2D eigenvalue weighted by Gasteiger charge is -2.16. The third-order valence-corrected chi connectivity index (χ3v) is 12.0. The molecule has 2 heterocycles. The zero-order valence-corrected chi connectivity index (χ0v) is 33.1. The van der Waals surface area contributed by atoms with Gasteiger partial charge in [-0.05, 0) is 84.9 Å². The first-order chi connectivity index (χ1) is 30.3. The Morgan fingerprint density at radius 1 is 0.295 bits per heavy atom. The predicted octanol–water partition coefficient (Wildman–Crippen LogP) is 14.8. The van der Waals surface area contributed by atoms with Crippen molar-refractivity contribution in [1.29, 1.82) is 0 Å². The second kappa shape index (κ2) is 14.3. The molecule has 0 radical (unpaired) electrons. The normalized spacial score (nSPS) is 11.6.